The molecule has 1 saturated heterocycles. The molecule has 1 aliphatic rings. The van der Waals surface area contributed by atoms with Crippen molar-refractivity contribution in [2.24, 2.45) is 0 Å². The Bertz CT molecular complexity index is 663. The van der Waals surface area contributed by atoms with Gasteiger partial charge in [0.15, 0.2) is 5.13 Å². The highest BCUT2D eigenvalue weighted by molar-refractivity contribution is 7.13. The maximum atomic E-state index is 11.0. The molecular weight excluding hydrogens is 298 g/mol. The molecule has 0 aliphatic carbocycles. The molecule has 0 bridgehead atoms. The van der Waals surface area contributed by atoms with Gasteiger partial charge in [0.25, 0.3) is 0 Å². The third-order valence-corrected chi connectivity index (χ3v) is 4.85. The van der Waals surface area contributed by atoms with Crippen molar-refractivity contribution < 1.29 is 9.90 Å². The van der Waals surface area contributed by atoms with E-state index < -0.39 is 5.97 Å². The number of aromatic carboxylic acids is 1. The van der Waals surface area contributed by atoms with Gasteiger partial charge in [-0.2, -0.15) is 0 Å². The average molecular weight is 317 g/mol. The van der Waals surface area contributed by atoms with E-state index in [0.717, 1.165) is 49.1 Å². The summed E-state index contributed by atoms with van der Waals surface area (Å²) in [6, 6.07) is 7.20. The van der Waals surface area contributed by atoms with Crippen LogP contribution in [0.3, 0.4) is 0 Å². The molecule has 1 fully saturated rings. The number of carboxylic acids is 1. The summed E-state index contributed by atoms with van der Waals surface area (Å²) in [4.78, 5) is 20.2. The molecule has 116 valence electrons. The summed E-state index contributed by atoms with van der Waals surface area (Å²) in [5, 5.41) is 12.2. The topological polar surface area (TPSA) is 56.7 Å². The number of piperazine rings is 1. The fourth-order valence-electron chi connectivity index (χ4n) is 2.64. The molecule has 0 atom stereocenters. The highest BCUT2D eigenvalue weighted by Gasteiger charge is 2.19. The van der Waals surface area contributed by atoms with Gasteiger partial charge in [0.2, 0.25) is 0 Å². The Balaban J connectivity index is 1.58. The fourth-order valence-corrected chi connectivity index (χ4v) is 3.50. The predicted molar refractivity (Wildman–Crippen MR) is 87.7 cm³/mol. The van der Waals surface area contributed by atoms with E-state index in [0.29, 0.717) is 5.56 Å². The van der Waals surface area contributed by atoms with Gasteiger partial charge < -0.3 is 10.0 Å². The zero-order valence-electron chi connectivity index (χ0n) is 12.5. The van der Waals surface area contributed by atoms with Gasteiger partial charge in [-0.1, -0.05) is 12.1 Å². The van der Waals surface area contributed by atoms with Crippen molar-refractivity contribution in [3.8, 4) is 0 Å². The van der Waals surface area contributed by atoms with E-state index in [9.17, 15) is 4.79 Å². The Hall–Kier alpha value is -1.92. The Morgan fingerprint density at radius 3 is 2.73 bits per heavy atom. The highest BCUT2D eigenvalue weighted by Crippen LogP contribution is 2.21. The number of carboxylic acid groups (broad SMARTS) is 1. The van der Waals surface area contributed by atoms with Gasteiger partial charge in [-0.15, -0.1) is 11.3 Å². The molecule has 0 saturated carbocycles. The molecule has 3 rings (SSSR count). The first-order valence-electron chi connectivity index (χ1n) is 7.33. The number of aryl methyl sites for hydroxylation is 1. The van der Waals surface area contributed by atoms with Crippen molar-refractivity contribution in [3.63, 3.8) is 0 Å². The maximum Gasteiger partial charge on any atom is 0.335 e. The molecule has 5 nitrogen and oxygen atoms in total. The van der Waals surface area contributed by atoms with E-state index in [1.807, 2.05) is 19.1 Å². The molecule has 0 amide bonds. The van der Waals surface area contributed by atoms with E-state index in [1.54, 1.807) is 23.5 Å². The molecular formula is C16H19N3O2S. The van der Waals surface area contributed by atoms with Crippen molar-refractivity contribution in [2.75, 3.05) is 31.1 Å². The zero-order valence-corrected chi connectivity index (χ0v) is 13.3. The summed E-state index contributed by atoms with van der Waals surface area (Å²) in [5.74, 6) is -0.870. The standard InChI is InChI=1S/C16H19N3O2S/c1-12-11-22-16(17-12)19-7-5-18(6-8-19)10-13-3-2-4-14(9-13)15(20)21/h2-4,9,11H,5-8,10H2,1H3,(H,20,21). The van der Waals surface area contributed by atoms with Crippen LogP contribution in [-0.2, 0) is 6.54 Å². The number of rotatable bonds is 4. The summed E-state index contributed by atoms with van der Waals surface area (Å²) in [7, 11) is 0. The summed E-state index contributed by atoms with van der Waals surface area (Å²) >= 11 is 1.70. The Kier molecular flexibility index (Phi) is 4.40. The largest absolute Gasteiger partial charge is 0.478 e. The lowest BCUT2D eigenvalue weighted by Gasteiger charge is -2.34. The second-order valence-corrected chi connectivity index (χ2v) is 6.38. The van der Waals surface area contributed by atoms with Crippen LogP contribution in [0.2, 0.25) is 0 Å². The molecule has 0 unspecified atom stereocenters. The minimum atomic E-state index is -0.870. The van der Waals surface area contributed by atoms with Gasteiger partial charge >= 0.3 is 5.97 Å². The van der Waals surface area contributed by atoms with Crippen LogP contribution in [0.5, 0.6) is 0 Å². The van der Waals surface area contributed by atoms with Crippen LogP contribution < -0.4 is 4.90 Å². The molecule has 2 heterocycles. The third kappa shape index (κ3) is 3.45. The molecule has 22 heavy (non-hydrogen) atoms. The van der Waals surface area contributed by atoms with E-state index >= 15 is 0 Å². The number of carbonyl (C=O) groups is 1. The van der Waals surface area contributed by atoms with Crippen LogP contribution in [0.25, 0.3) is 0 Å². The molecule has 1 N–H and O–H groups in total. The minimum Gasteiger partial charge on any atom is -0.478 e. The van der Waals surface area contributed by atoms with Crippen LogP contribution in [0, 0.1) is 6.92 Å². The SMILES string of the molecule is Cc1csc(N2CCN(Cc3cccc(C(=O)O)c3)CC2)n1. The second kappa shape index (κ2) is 6.46. The molecule has 0 radical (unpaired) electrons. The number of benzene rings is 1. The van der Waals surface area contributed by atoms with Gasteiger partial charge in [-0.3, -0.25) is 4.90 Å². The van der Waals surface area contributed by atoms with E-state index in [-0.39, 0.29) is 0 Å². The smallest absolute Gasteiger partial charge is 0.335 e. The monoisotopic (exact) mass is 317 g/mol. The zero-order chi connectivity index (χ0) is 15.5. The van der Waals surface area contributed by atoms with E-state index in [4.69, 9.17) is 5.11 Å². The number of anilines is 1. The predicted octanol–water partition coefficient (Wildman–Crippen LogP) is 2.47. The van der Waals surface area contributed by atoms with Gasteiger partial charge in [0.05, 0.1) is 11.3 Å². The Morgan fingerprint density at radius 2 is 2.09 bits per heavy atom. The van der Waals surface area contributed by atoms with E-state index in [1.165, 1.54) is 0 Å². The van der Waals surface area contributed by atoms with Gasteiger partial charge in [0.1, 0.15) is 0 Å². The van der Waals surface area contributed by atoms with Crippen molar-refractivity contribution in [1.82, 2.24) is 9.88 Å². The lowest BCUT2D eigenvalue weighted by molar-refractivity contribution is 0.0696. The first-order valence-corrected chi connectivity index (χ1v) is 8.21. The van der Waals surface area contributed by atoms with Gasteiger partial charge in [-0.25, -0.2) is 9.78 Å². The van der Waals surface area contributed by atoms with Crippen LogP contribution in [0.4, 0.5) is 5.13 Å². The molecule has 2 aromatic rings. The first kappa shape index (κ1) is 15.0. The quantitative estimate of drug-likeness (QED) is 0.939. The van der Waals surface area contributed by atoms with Gasteiger partial charge in [-0.05, 0) is 24.6 Å². The summed E-state index contributed by atoms with van der Waals surface area (Å²) < 4.78 is 0. The molecule has 6 heteroatoms. The summed E-state index contributed by atoms with van der Waals surface area (Å²) in [6.45, 7) is 6.68. The summed E-state index contributed by atoms with van der Waals surface area (Å²) in [6.07, 6.45) is 0. The maximum absolute atomic E-state index is 11.0. The van der Waals surface area contributed by atoms with Crippen molar-refractivity contribution >= 4 is 22.4 Å². The van der Waals surface area contributed by atoms with Crippen LogP contribution in [0.15, 0.2) is 29.6 Å². The number of hydrogen-bond acceptors (Lipinski definition) is 5. The molecule has 1 aliphatic heterocycles. The summed E-state index contributed by atoms with van der Waals surface area (Å²) in [5.41, 5.74) is 2.49. The van der Waals surface area contributed by atoms with Gasteiger partial charge in [0, 0.05) is 38.1 Å². The molecule has 1 aromatic heterocycles. The molecule has 1 aromatic carbocycles. The van der Waals surface area contributed by atoms with Crippen molar-refractivity contribution in [3.05, 3.63) is 46.5 Å². The third-order valence-electron chi connectivity index (χ3n) is 3.83. The molecule has 0 spiro atoms. The number of nitrogens with zero attached hydrogens (tertiary/aromatic N) is 3. The lowest BCUT2D eigenvalue weighted by Crippen LogP contribution is -2.45. The Labute approximate surface area is 133 Å². The van der Waals surface area contributed by atoms with Crippen molar-refractivity contribution in [1.29, 1.82) is 0 Å². The lowest BCUT2D eigenvalue weighted by atomic mass is 10.1. The minimum absolute atomic E-state index is 0.356. The van der Waals surface area contributed by atoms with Crippen LogP contribution in [0.1, 0.15) is 21.6 Å². The van der Waals surface area contributed by atoms with Crippen molar-refractivity contribution in [2.45, 2.75) is 13.5 Å². The number of thiazole rings is 1. The second-order valence-electron chi connectivity index (χ2n) is 5.54. The Morgan fingerprint density at radius 1 is 1.32 bits per heavy atom. The van der Waals surface area contributed by atoms with E-state index in [2.05, 4.69) is 20.2 Å². The number of hydrogen-bond donors (Lipinski definition) is 1. The number of aromatic nitrogens is 1. The van der Waals surface area contributed by atoms with Crippen LogP contribution in [-0.4, -0.2) is 47.1 Å². The van der Waals surface area contributed by atoms with Crippen LogP contribution >= 0.6 is 11.3 Å². The first-order chi connectivity index (χ1) is 10.6. The fraction of sp³-hybridized carbons (Fsp3) is 0.375. The average Bonchev–Trinajstić information content (AvgIpc) is 2.95. The highest BCUT2D eigenvalue weighted by atomic mass is 32.1. The normalized spacial score (nSPS) is 16.0.